The van der Waals surface area contributed by atoms with Crippen LogP contribution in [-0.2, 0) is 6.54 Å². The van der Waals surface area contributed by atoms with Gasteiger partial charge in [-0.2, -0.15) is 0 Å². The maximum Gasteiger partial charge on any atom is 0.0545 e. The summed E-state index contributed by atoms with van der Waals surface area (Å²) in [6.45, 7) is 6.73. The van der Waals surface area contributed by atoms with Crippen LogP contribution in [0.15, 0.2) is 18.3 Å². The molecule has 0 amide bonds. The van der Waals surface area contributed by atoms with E-state index in [2.05, 4.69) is 23.7 Å². The van der Waals surface area contributed by atoms with Crippen molar-refractivity contribution in [2.75, 3.05) is 12.3 Å². The van der Waals surface area contributed by atoms with Crippen molar-refractivity contribution >= 4 is 5.69 Å². The van der Waals surface area contributed by atoms with Crippen molar-refractivity contribution in [1.82, 2.24) is 9.88 Å². The van der Waals surface area contributed by atoms with Crippen LogP contribution in [0.5, 0.6) is 0 Å². The Kier molecular flexibility index (Phi) is 4.00. The first-order valence-corrected chi connectivity index (χ1v) is 6.59. The Hall–Kier alpha value is -1.09. The molecule has 0 aliphatic heterocycles. The zero-order valence-electron chi connectivity index (χ0n) is 10.9. The molecule has 0 unspecified atom stereocenters. The van der Waals surface area contributed by atoms with E-state index in [9.17, 15) is 0 Å². The molecule has 0 spiro atoms. The summed E-state index contributed by atoms with van der Waals surface area (Å²) in [5.74, 6) is 0.774. The summed E-state index contributed by atoms with van der Waals surface area (Å²) in [7, 11) is 0. The van der Waals surface area contributed by atoms with Crippen LogP contribution in [0.1, 0.15) is 38.8 Å². The van der Waals surface area contributed by atoms with Crippen LogP contribution in [0.2, 0.25) is 0 Å². The van der Waals surface area contributed by atoms with Crippen molar-refractivity contribution in [3.63, 3.8) is 0 Å². The molecular formula is C14H23N3. The summed E-state index contributed by atoms with van der Waals surface area (Å²) in [6, 6.07) is 4.78. The van der Waals surface area contributed by atoms with E-state index in [1.54, 1.807) is 6.20 Å². The van der Waals surface area contributed by atoms with Crippen LogP contribution in [0.25, 0.3) is 0 Å². The second kappa shape index (κ2) is 5.50. The van der Waals surface area contributed by atoms with Gasteiger partial charge in [0.1, 0.15) is 0 Å². The smallest absolute Gasteiger partial charge is 0.0545 e. The molecule has 2 N–H and O–H groups in total. The van der Waals surface area contributed by atoms with Gasteiger partial charge < -0.3 is 5.73 Å². The number of nitrogens with zero attached hydrogens (tertiary/aromatic N) is 2. The normalized spacial score (nSPS) is 15.8. The highest BCUT2D eigenvalue weighted by atomic mass is 15.2. The third kappa shape index (κ3) is 4.00. The highest BCUT2D eigenvalue weighted by molar-refractivity contribution is 5.34. The summed E-state index contributed by atoms with van der Waals surface area (Å²) in [6.07, 6.45) is 5.73. The van der Waals surface area contributed by atoms with Gasteiger partial charge in [-0.05, 0) is 43.9 Å². The molecule has 0 radical (unpaired) electrons. The number of hydrogen-bond acceptors (Lipinski definition) is 3. The fourth-order valence-electron chi connectivity index (χ4n) is 1.99. The van der Waals surface area contributed by atoms with Gasteiger partial charge in [-0.15, -0.1) is 0 Å². The zero-order valence-corrected chi connectivity index (χ0v) is 10.9. The number of nitrogen functional groups attached to an aromatic ring is 1. The molecule has 1 fully saturated rings. The van der Waals surface area contributed by atoms with Gasteiger partial charge in [-0.1, -0.05) is 13.8 Å². The van der Waals surface area contributed by atoms with Crippen molar-refractivity contribution in [3.8, 4) is 0 Å². The van der Waals surface area contributed by atoms with Crippen LogP contribution in [-0.4, -0.2) is 22.5 Å². The highest BCUT2D eigenvalue weighted by Crippen LogP contribution is 2.28. The van der Waals surface area contributed by atoms with Crippen molar-refractivity contribution in [1.29, 1.82) is 0 Å². The summed E-state index contributed by atoms with van der Waals surface area (Å²) in [5.41, 5.74) is 7.53. The fraction of sp³-hybridized carbons (Fsp3) is 0.643. The highest BCUT2D eigenvalue weighted by Gasteiger charge is 2.28. The molecule has 3 nitrogen and oxygen atoms in total. The van der Waals surface area contributed by atoms with Gasteiger partial charge in [0.15, 0.2) is 0 Å². The minimum Gasteiger partial charge on any atom is -0.397 e. The number of nitrogens with two attached hydrogens (primary N) is 1. The monoisotopic (exact) mass is 233 g/mol. The van der Waals surface area contributed by atoms with Crippen LogP contribution in [0.3, 0.4) is 0 Å². The molecule has 17 heavy (non-hydrogen) atoms. The molecule has 1 aromatic rings. The predicted molar refractivity (Wildman–Crippen MR) is 71.5 cm³/mol. The third-order valence-electron chi connectivity index (χ3n) is 3.27. The fourth-order valence-corrected chi connectivity index (χ4v) is 1.99. The average molecular weight is 233 g/mol. The molecule has 0 aromatic carbocycles. The van der Waals surface area contributed by atoms with Crippen LogP contribution < -0.4 is 5.73 Å². The van der Waals surface area contributed by atoms with Crippen LogP contribution in [0.4, 0.5) is 5.69 Å². The Morgan fingerprint density at radius 1 is 1.41 bits per heavy atom. The first-order chi connectivity index (χ1) is 8.15. The number of pyridine rings is 1. The van der Waals surface area contributed by atoms with Gasteiger partial charge in [-0.25, -0.2) is 0 Å². The van der Waals surface area contributed by atoms with E-state index in [0.29, 0.717) is 0 Å². The molecule has 3 heteroatoms. The SMILES string of the molecule is CC(C)CCN(Cc1ccc(N)cn1)C1CC1. The van der Waals surface area contributed by atoms with Crippen LogP contribution >= 0.6 is 0 Å². The number of anilines is 1. The van der Waals surface area contributed by atoms with E-state index in [1.807, 2.05) is 12.1 Å². The maximum atomic E-state index is 5.65. The van der Waals surface area contributed by atoms with Gasteiger partial charge >= 0.3 is 0 Å². The topological polar surface area (TPSA) is 42.1 Å². The average Bonchev–Trinajstić information content (AvgIpc) is 3.10. The quantitative estimate of drug-likeness (QED) is 0.821. The Morgan fingerprint density at radius 3 is 2.71 bits per heavy atom. The molecule has 0 bridgehead atoms. The van der Waals surface area contributed by atoms with Gasteiger partial charge in [0.05, 0.1) is 17.6 Å². The van der Waals surface area contributed by atoms with E-state index in [1.165, 1.54) is 25.8 Å². The largest absolute Gasteiger partial charge is 0.397 e. The second-order valence-corrected chi connectivity index (χ2v) is 5.47. The van der Waals surface area contributed by atoms with Gasteiger partial charge in [0.2, 0.25) is 0 Å². The molecule has 94 valence electrons. The minimum atomic E-state index is 0.744. The van der Waals surface area contributed by atoms with E-state index in [-0.39, 0.29) is 0 Å². The third-order valence-corrected chi connectivity index (χ3v) is 3.27. The van der Waals surface area contributed by atoms with E-state index < -0.39 is 0 Å². The van der Waals surface area contributed by atoms with Gasteiger partial charge in [0.25, 0.3) is 0 Å². The molecule has 1 aromatic heterocycles. The van der Waals surface area contributed by atoms with Crippen molar-refractivity contribution in [2.24, 2.45) is 5.92 Å². The molecule has 1 saturated carbocycles. The maximum absolute atomic E-state index is 5.65. The Bertz CT molecular complexity index is 341. The van der Waals surface area contributed by atoms with Crippen molar-refractivity contribution in [2.45, 2.75) is 45.7 Å². The van der Waals surface area contributed by atoms with E-state index in [0.717, 1.165) is 29.9 Å². The summed E-state index contributed by atoms with van der Waals surface area (Å²) >= 11 is 0. The van der Waals surface area contributed by atoms with Crippen LogP contribution in [0, 0.1) is 5.92 Å². The molecule has 0 atom stereocenters. The Morgan fingerprint density at radius 2 is 2.18 bits per heavy atom. The summed E-state index contributed by atoms with van der Waals surface area (Å²) in [5, 5.41) is 0. The first kappa shape index (κ1) is 12.4. The van der Waals surface area contributed by atoms with E-state index in [4.69, 9.17) is 5.73 Å². The van der Waals surface area contributed by atoms with Crippen molar-refractivity contribution in [3.05, 3.63) is 24.0 Å². The van der Waals surface area contributed by atoms with E-state index >= 15 is 0 Å². The lowest BCUT2D eigenvalue weighted by atomic mass is 10.1. The molecule has 1 aliphatic rings. The minimum absolute atomic E-state index is 0.744. The van der Waals surface area contributed by atoms with Gasteiger partial charge in [-0.3, -0.25) is 9.88 Å². The Balaban J connectivity index is 1.90. The standard InChI is InChI=1S/C14H23N3/c1-11(2)7-8-17(14-5-6-14)10-13-4-3-12(15)9-16-13/h3-4,9,11,14H,5-8,10,15H2,1-2H3. The first-order valence-electron chi connectivity index (χ1n) is 6.59. The predicted octanol–water partition coefficient (Wildman–Crippen LogP) is 2.67. The molecule has 1 heterocycles. The van der Waals surface area contributed by atoms with Crippen molar-refractivity contribution < 1.29 is 0 Å². The molecule has 2 rings (SSSR count). The lowest BCUT2D eigenvalue weighted by Crippen LogP contribution is -2.28. The summed E-state index contributed by atoms with van der Waals surface area (Å²) in [4.78, 5) is 6.96. The van der Waals surface area contributed by atoms with Gasteiger partial charge in [0, 0.05) is 12.6 Å². The molecular weight excluding hydrogens is 210 g/mol. The zero-order chi connectivity index (χ0) is 12.3. The Labute approximate surface area is 104 Å². The number of hydrogen-bond donors (Lipinski definition) is 1. The lowest BCUT2D eigenvalue weighted by molar-refractivity contribution is 0.237. The number of rotatable bonds is 6. The number of aromatic nitrogens is 1. The molecule has 1 aliphatic carbocycles. The summed E-state index contributed by atoms with van der Waals surface area (Å²) < 4.78 is 0. The lowest BCUT2D eigenvalue weighted by Gasteiger charge is -2.22. The molecule has 0 saturated heterocycles. The second-order valence-electron chi connectivity index (χ2n) is 5.47.